The Morgan fingerprint density at radius 3 is 2.43 bits per heavy atom. The number of amides is 1. The molecule has 7 nitrogen and oxygen atoms in total. The van der Waals surface area contributed by atoms with Crippen LogP contribution in [0.25, 0.3) is 0 Å². The number of benzene rings is 2. The number of hydrogen-bond acceptors (Lipinski definition) is 6. The number of carbonyl (C=O) groups is 1. The largest absolute Gasteiger partial charge is 0.497 e. The number of rotatable bonds is 6. The summed E-state index contributed by atoms with van der Waals surface area (Å²) < 4.78 is 10.5. The van der Waals surface area contributed by atoms with E-state index >= 15 is 0 Å². The van der Waals surface area contributed by atoms with Gasteiger partial charge in [-0.3, -0.25) is 4.79 Å². The Kier molecular flexibility index (Phi) is 5.74. The van der Waals surface area contributed by atoms with Crippen LogP contribution >= 0.6 is 0 Å². The lowest BCUT2D eigenvalue weighted by molar-refractivity contribution is 0.102. The number of methoxy groups -OCH3 is 2. The summed E-state index contributed by atoms with van der Waals surface area (Å²) in [7, 11) is 5.00. The highest BCUT2D eigenvalue weighted by Gasteiger charge is 2.16. The van der Waals surface area contributed by atoms with Gasteiger partial charge in [0.15, 0.2) is 0 Å². The lowest BCUT2D eigenvalue weighted by atomic mass is 10.2. The van der Waals surface area contributed by atoms with Crippen LogP contribution in [0.2, 0.25) is 0 Å². The van der Waals surface area contributed by atoms with Gasteiger partial charge in [0.05, 0.1) is 19.9 Å². The number of ether oxygens (including phenoxy) is 2. The van der Waals surface area contributed by atoms with Crippen molar-refractivity contribution in [2.45, 2.75) is 6.92 Å². The van der Waals surface area contributed by atoms with Crippen molar-refractivity contribution in [1.29, 1.82) is 0 Å². The van der Waals surface area contributed by atoms with Gasteiger partial charge in [0, 0.05) is 24.9 Å². The molecule has 7 heteroatoms. The summed E-state index contributed by atoms with van der Waals surface area (Å²) in [6.07, 6.45) is 0. The van der Waals surface area contributed by atoms with Crippen LogP contribution in [-0.2, 0) is 0 Å². The maximum Gasteiger partial charge on any atom is 0.274 e. The molecule has 0 aliphatic carbocycles. The van der Waals surface area contributed by atoms with Crippen molar-refractivity contribution in [1.82, 2.24) is 9.97 Å². The van der Waals surface area contributed by atoms with Gasteiger partial charge in [0.2, 0.25) is 0 Å². The molecule has 0 saturated heterocycles. The molecule has 3 aromatic rings. The maximum absolute atomic E-state index is 12.8. The molecular weight excluding hydrogens is 356 g/mol. The number of carbonyl (C=O) groups excluding carboxylic acids is 1. The number of hydrogen-bond donors (Lipinski definition) is 1. The van der Waals surface area contributed by atoms with E-state index in [0.29, 0.717) is 28.8 Å². The van der Waals surface area contributed by atoms with Crippen LogP contribution in [0.15, 0.2) is 54.6 Å². The molecule has 28 heavy (non-hydrogen) atoms. The van der Waals surface area contributed by atoms with E-state index < -0.39 is 0 Å². The number of nitrogens with zero attached hydrogens (tertiary/aromatic N) is 3. The summed E-state index contributed by atoms with van der Waals surface area (Å²) in [5.74, 6) is 1.92. The lowest BCUT2D eigenvalue weighted by Crippen LogP contribution is -2.18. The summed E-state index contributed by atoms with van der Waals surface area (Å²) in [6, 6.07) is 16.6. The van der Waals surface area contributed by atoms with Crippen molar-refractivity contribution >= 4 is 23.1 Å². The average Bonchev–Trinajstić information content (AvgIpc) is 2.73. The van der Waals surface area contributed by atoms with Crippen molar-refractivity contribution in [3.8, 4) is 11.5 Å². The molecule has 1 N–H and O–H groups in total. The first-order chi connectivity index (χ1) is 13.5. The lowest BCUT2D eigenvalue weighted by Gasteiger charge is -2.19. The van der Waals surface area contributed by atoms with Crippen LogP contribution in [0.3, 0.4) is 0 Å². The first kappa shape index (κ1) is 19.2. The minimum absolute atomic E-state index is 0.267. The third-order valence-corrected chi connectivity index (χ3v) is 4.20. The molecule has 2 aromatic carbocycles. The first-order valence-electron chi connectivity index (χ1n) is 8.69. The number of aryl methyl sites for hydroxylation is 1. The van der Waals surface area contributed by atoms with Crippen LogP contribution < -0.4 is 19.7 Å². The van der Waals surface area contributed by atoms with Gasteiger partial charge < -0.3 is 19.7 Å². The van der Waals surface area contributed by atoms with Gasteiger partial charge in [-0.1, -0.05) is 18.2 Å². The molecule has 0 unspecified atom stereocenters. The fourth-order valence-electron chi connectivity index (χ4n) is 2.71. The Balaban J connectivity index is 1.88. The Bertz CT molecular complexity index is 977. The molecule has 1 amide bonds. The van der Waals surface area contributed by atoms with E-state index in [4.69, 9.17) is 9.47 Å². The van der Waals surface area contributed by atoms with Gasteiger partial charge in [-0.2, -0.15) is 0 Å². The molecule has 0 bridgehead atoms. The highest BCUT2D eigenvalue weighted by molar-refractivity contribution is 6.04. The van der Waals surface area contributed by atoms with E-state index in [9.17, 15) is 4.79 Å². The molecule has 0 aliphatic heterocycles. The number of aromatic nitrogens is 2. The Labute approximate surface area is 164 Å². The Morgan fingerprint density at radius 2 is 1.75 bits per heavy atom. The monoisotopic (exact) mass is 378 g/mol. The molecule has 0 radical (unpaired) electrons. The summed E-state index contributed by atoms with van der Waals surface area (Å²) in [4.78, 5) is 23.4. The smallest absolute Gasteiger partial charge is 0.274 e. The second-order valence-electron chi connectivity index (χ2n) is 6.07. The molecule has 0 fully saturated rings. The van der Waals surface area contributed by atoms with E-state index in [0.717, 1.165) is 5.69 Å². The van der Waals surface area contributed by atoms with Crippen molar-refractivity contribution in [3.05, 3.63) is 66.1 Å². The summed E-state index contributed by atoms with van der Waals surface area (Å²) in [5, 5.41) is 2.83. The summed E-state index contributed by atoms with van der Waals surface area (Å²) in [6.45, 7) is 1.76. The number of para-hydroxylation sites is 1. The zero-order valence-electron chi connectivity index (χ0n) is 16.3. The first-order valence-corrected chi connectivity index (χ1v) is 8.69. The molecular formula is C21H22N4O3. The SMILES string of the molecule is COc1ccc(NC(=O)c2cc(N(C)c3ccccc3)nc(C)n2)c(OC)c1. The third-order valence-electron chi connectivity index (χ3n) is 4.20. The van der Waals surface area contributed by atoms with Crippen molar-refractivity contribution < 1.29 is 14.3 Å². The number of anilines is 3. The fourth-order valence-corrected chi connectivity index (χ4v) is 2.71. The molecule has 144 valence electrons. The second-order valence-corrected chi connectivity index (χ2v) is 6.07. The molecule has 0 spiro atoms. The molecule has 0 atom stereocenters. The quantitative estimate of drug-likeness (QED) is 0.703. The van der Waals surface area contributed by atoms with E-state index in [1.54, 1.807) is 38.3 Å². The van der Waals surface area contributed by atoms with E-state index in [1.165, 1.54) is 7.11 Å². The second kappa shape index (κ2) is 8.39. The van der Waals surface area contributed by atoms with Gasteiger partial charge in [-0.05, 0) is 31.2 Å². The zero-order valence-corrected chi connectivity index (χ0v) is 16.3. The van der Waals surface area contributed by atoms with Gasteiger partial charge >= 0.3 is 0 Å². The minimum atomic E-state index is -0.350. The van der Waals surface area contributed by atoms with Crippen molar-refractivity contribution in [2.75, 3.05) is 31.5 Å². The minimum Gasteiger partial charge on any atom is -0.497 e. The summed E-state index contributed by atoms with van der Waals surface area (Å²) in [5.41, 5.74) is 1.76. The Morgan fingerprint density at radius 1 is 1.00 bits per heavy atom. The standard InChI is InChI=1S/C21H22N4O3/c1-14-22-18(13-20(23-14)25(2)15-8-6-5-7-9-15)21(26)24-17-11-10-16(27-3)12-19(17)28-4/h5-13H,1-4H3,(H,24,26). The van der Waals surface area contributed by atoms with Crippen molar-refractivity contribution in [3.63, 3.8) is 0 Å². The molecule has 1 heterocycles. The zero-order chi connectivity index (χ0) is 20.1. The molecule has 0 aliphatic rings. The highest BCUT2D eigenvalue weighted by Crippen LogP contribution is 2.29. The van der Waals surface area contributed by atoms with E-state index in [-0.39, 0.29) is 11.6 Å². The average molecular weight is 378 g/mol. The van der Waals surface area contributed by atoms with Crippen molar-refractivity contribution in [2.24, 2.45) is 0 Å². The highest BCUT2D eigenvalue weighted by atomic mass is 16.5. The fraction of sp³-hybridized carbons (Fsp3) is 0.190. The van der Waals surface area contributed by atoms with Crippen LogP contribution in [0.1, 0.15) is 16.3 Å². The Hall–Kier alpha value is -3.61. The predicted molar refractivity (Wildman–Crippen MR) is 109 cm³/mol. The normalized spacial score (nSPS) is 10.3. The number of nitrogens with one attached hydrogen (secondary N) is 1. The predicted octanol–water partition coefficient (Wildman–Crippen LogP) is 3.82. The van der Waals surface area contributed by atoms with E-state index in [1.807, 2.05) is 42.3 Å². The maximum atomic E-state index is 12.8. The van der Waals surface area contributed by atoms with Gasteiger partial charge in [0.25, 0.3) is 5.91 Å². The van der Waals surface area contributed by atoms with Crippen LogP contribution in [0, 0.1) is 6.92 Å². The molecule has 3 rings (SSSR count). The van der Waals surface area contributed by atoms with Gasteiger partial charge in [0.1, 0.15) is 28.8 Å². The third kappa shape index (κ3) is 4.20. The molecule has 0 saturated carbocycles. The van der Waals surface area contributed by atoms with Gasteiger partial charge in [-0.15, -0.1) is 0 Å². The summed E-state index contributed by atoms with van der Waals surface area (Å²) >= 11 is 0. The van der Waals surface area contributed by atoms with Gasteiger partial charge in [-0.25, -0.2) is 9.97 Å². The van der Waals surface area contributed by atoms with Crippen LogP contribution in [0.5, 0.6) is 11.5 Å². The molecule has 1 aromatic heterocycles. The topological polar surface area (TPSA) is 76.6 Å². The van der Waals surface area contributed by atoms with Crippen LogP contribution in [0.4, 0.5) is 17.2 Å². The van der Waals surface area contributed by atoms with E-state index in [2.05, 4.69) is 15.3 Å². The van der Waals surface area contributed by atoms with Crippen LogP contribution in [-0.4, -0.2) is 37.1 Å².